The summed E-state index contributed by atoms with van der Waals surface area (Å²) in [6.45, 7) is 1.78. The molecule has 2 heterocycles. The Balaban J connectivity index is 1.44. The number of sulfone groups is 1. The van der Waals surface area contributed by atoms with E-state index in [1.54, 1.807) is 6.07 Å². The van der Waals surface area contributed by atoms with Crippen LogP contribution in [-0.4, -0.2) is 50.2 Å². The van der Waals surface area contributed by atoms with Crippen molar-refractivity contribution in [2.24, 2.45) is 0 Å². The van der Waals surface area contributed by atoms with Crippen molar-refractivity contribution in [3.05, 3.63) is 29.3 Å². The van der Waals surface area contributed by atoms with Crippen molar-refractivity contribution in [1.82, 2.24) is 10.2 Å². The Morgan fingerprint density at radius 2 is 1.92 bits per heavy atom. The molecule has 1 N–H and O–H groups in total. The summed E-state index contributed by atoms with van der Waals surface area (Å²) in [5.41, 5.74) is 2.42. The molecule has 3 aliphatic rings. The van der Waals surface area contributed by atoms with Crippen LogP contribution in [0.1, 0.15) is 43.2 Å². The van der Waals surface area contributed by atoms with Crippen LogP contribution in [-0.2, 0) is 27.5 Å². The van der Waals surface area contributed by atoms with Gasteiger partial charge in [-0.1, -0.05) is 6.07 Å². The van der Waals surface area contributed by atoms with Gasteiger partial charge in [-0.05, 0) is 68.3 Å². The van der Waals surface area contributed by atoms with Crippen LogP contribution in [0.4, 0.5) is 0 Å². The molecular formula is C19H26N2O3S. The van der Waals surface area contributed by atoms with E-state index in [1.807, 2.05) is 17.0 Å². The van der Waals surface area contributed by atoms with Gasteiger partial charge in [0.1, 0.15) is 0 Å². The summed E-state index contributed by atoms with van der Waals surface area (Å²) >= 11 is 0. The predicted molar refractivity (Wildman–Crippen MR) is 96.3 cm³/mol. The maximum absolute atomic E-state index is 12.7. The third-order valence-corrected chi connectivity index (χ3v) is 7.67. The molecular weight excluding hydrogens is 336 g/mol. The van der Waals surface area contributed by atoms with E-state index in [4.69, 9.17) is 0 Å². The lowest BCUT2D eigenvalue weighted by molar-refractivity contribution is -0.133. The number of benzene rings is 1. The molecule has 6 heteroatoms. The Kier molecular flexibility index (Phi) is 4.58. The van der Waals surface area contributed by atoms with E-state index in [1.165, 1.54) is 5.56 Å². The van der Waals surface area contributed by atoms with Crippen LogP contribution >= 0.6 is 0 Å². The minimum atomic E-state index is -3.40. The van der Waals surface area contributed by atoms with E-state index in [-0.39, 0.29) is 30.2 Å². The normalized spacial score (nSPS) is 25.7. The molecule has 0 saturated carbocycles. The van der Waals surface area contributed by atoms with Crippen molar-refractivity contribution in [1.29, 1.82) is 0 Å². The summed E-state index contributed by atoms with van der Waals surface area (Å²) < 4.78 is 25.4. The van der Waals surface area contributed by atoms with Gasteiger partial charge in [0.25, 0.3) is 0 Å². The second-order valence-corrected chi connectivity index (χ2v) is 9.64. The molecule has 2 saturated heterocycles. The Labute approximate surface area is 149 Å². The van der Waals surface area contributed by atoms with Crippen LogP contribution in [0.3, 0.4) is 0 Å². The Morgan fingerprint density at radius 1 is 1.12 bits per heavy atom. The molecule has 0 radical (unpaired) electrons. The molecule has 136 valence electrons. The SMILES string of the molecule is O=C(CCS(=O)(=O)c1ccc2c(c1)CCC2)N1C2CCNCC1CC2. The number of carbonyl (C=O) groups is 1. The van der Waals surface area contributed by atoms with Crippen LogP contribution in [0.5, 0.6) is 0 Å². The average Bonchev–Trinajstić information content (AvgIpc) is 3.15. The third kappa shape index (κ3) is 3.34. The molecule has 0 aromatic heterocycles. The van der Waals surface area contributed by atoms with Crippen molar-refractivity contribution in [3.8, 4) is 0 Å². The minimum absolute atomic E-state index is 0.000866. The second kappa shape index (κ2) is 6.72. The molecule has 2 fully saturated rings. The van der Waals surface area contributed by atoms with Gasteiger partial charge in [-0.2, -0.15) is 0 Å². The fourth-order valence-electron chi connectivity index (χ4n) is 4.60. The first kappa shape index (κ1) is 17.0. The molecule has 1 amide bonds. The number of aryl methyl sites for hydroxylation is 2. The van der Waals surface area contributed by atoms with E-state index in [9.17, 15) is 13.2 Å². The lowest BCUT2D eigenvalue weighted by atomic mass is 10.1. The van der Waals surface area contributed by atoms with Gasteiger partial charge in [-0.25, -0.2) is 8.42 Å². The van der Waals surface area contributed by atoms with Gasteiger partial charge in [0.15, 0.2) is 9.84 Å². The number of fused-ring (bicyclic) bond motifs is 3. The number of nitrogens with zero attached hydrogens (tertiary/aromatic N) is 1. The number of rotatable bonds is 4. The number of nitrogens with one attached hydrogen (secondary N) is 1. The summed E-state index contributed by atoms with van der Waals surface area (Å²) in [6, 6.07) is 6.00. The van der Waals surface area contributed by atoms with Crippen molar-refractivity contribution in [2.75, 3.05) is 18.8 Å². The van der Waals surface area contributed by atoms with Gasteiger partial charge >= 0.3 is 0 Å². The monoisotopic (exact) mass is 362 g/mol. The highest BCUT2D eigenvalue weighted by atomic mass is 32.2. The molecule has 0 spiro atoms. The lowest BCUT2D eigenvalue weighted by Crippen LogP contribution is -2.43. The Bertz CT molecular complexity index is 761. The Hall–Kier alpha value is -1.40. The topological polar surface area (TPSA) is 66.5 Å². The van der Waals surface area contributed by atoms with Crippen LogP contribution in [0, 0.1) is 0 Å². The standard InChI is InChI=1S/C19H26N2O3S/c22-19(21-16-5-6-17(21)13-20-10-8-16)9-11-25(23,24)18-7-4-14-2-1-3-15(14)12-18/h4,7,12,16-17,20H,1-3,5-6,8-11,13H2. The molecule has 1 aromatic carbocycles. The smallest absolute Gasteiger partial charge is 0.224 e. The summed E-state index contributed by atoms with van der Waals surface area (Å²) in [5.74, 6) is -0.0884. The molecule has 2 atom stereocenters. The zero-order chi connectivity index (χ0) is 17.4. The summed E-state index contributed by atoms with van der Waals surface area (Å²) in [4.78, 5) is 15.1. The van der Waals surface area contributed by atoms with Crippen molar-refractivity contribution >= 4 is 15.7 Å². The first-order chi connectivity index (χ1) is 12.0. The van der Waals surface area contributed by atoms with E-state index in [0.29, 0.717) is 4.90 Å². The fraction of sp³-hybridized carbons (Fsp3) is 0.632. The van der Waals surface area contributed by atoms with Crippen molar-refractivity contribution in [3.63, 3.8) is 0 Å². The number of carbonyl (C=O) groups excluding carboxylic acids is 1. The molecule has 5 nitrogen and oxygen atoms in total. The second-order valence-electron chi connectivity index (χ2n) is 7.53. The maximum Gasteiger partial charge on any atom is 0.224 e. The van der Waals surface area contributed by atoms with E-state index in [0.717, 1.165) is 57.2 Å². The summed E-state index contributed by atoms with van der Waals surface area (Å²) in [7, 11) is -3.40. The quantitative estimate of drug-likeness (QED) is 0.885. The van der Waals surface area contributed by atoms with E-state index in [2.05, 4.69) is 5.32 Å². The van der Waals surface area contributed by atoms with Gasteiger partial charge in [-0.15, -0.1) is 0 Å². The molecule has 4 rings (SSSR count). The van der Waals surface area contributed by atoms with Crippen LogP contribution < -0.4 is 5.32 Å². The van der Waals surface area contributed by atoms with Gasteiger partial charge in [0, 0.05) is 25.0 Å². The molecule has 2 bridgehead atoms. The maximum atomic E-state index is 12.7. The highest BCUT2D eigenvalue weighted by Gasteiger charge is 2.38. The number of hydrogen-bond acceptors (Lipinski definition) is 4. The average molecular weight is 362 g/mol. The first-order valence-corrected chi connectivity index (χ1v) is 11.1. The molecule has 1 aromatic rings. The van der Waals surface area contributed by atoms with Crippen LogP contribution in [0.25, 0.3) is 0 Å². The third-order valence-electron chi connectivity index (χ3n) is 5.96. The van der Waals surface area contributed by atoms with Gasteiger partial charge < -0.3 is 10.2 Å². The summed E-state index contributed by atoms with van der Waals surface area (Å²) in [5, 5.41) is 3.37. The predicted octanol–water partition coefficient (Wildman–Crippen LogP) is 1.69. The minimum Gasteiger partial charge on any atom is -0.335 e. The van der Waals surface area contributed by atoms with Crippen LogP contribution in [0.15, 0.2) is 23.1 Å². The number of hydrogen-bond donors (Lipinski definition) is 1. The molecule has 2 unspecified atom stereocenters. The highest BCUT2D eigenvalue weighted by Crippen LogP contribution is 2.29. The zero-order valence-corrected chi connectivity index (χ0v) is 15.4. The number of amides is 1. The molecule has 2 aliphatic heterocycles. The lowest BCUT2D eigenvalue weighted by Gasteiger charge is -2.28. The van der Waals surface area contributed by atoms with Crippen molar-refractivity contribution < 1.29 is 13.2 Å². The first-order valence-electron chi connectivity index (χ1n) is 9.41. The largest absolute Gasteiger partial charge is 0.335 e. The van der Waals surface area contributed by atoms with Gasteiger partial charge in [-0.3, -0.25) is 4.79 Å². The zero-order valence-electron chi connectivity index (χ0n) is 14.5. The van der Waals surface area contributed by atoms with Crippen LogP contribution in [0.2, 0.25) is 0 Å². The van der Waals surface area contributed by atoms with E-state index >= 15 is 0 Å². The molecule has 25 heavy (non-hydrogen) atoms. The summed E-state index contributed by atoms with van der Waals surface area (Å²) in [6.07, 6.45) is 6.24. The highest BCUT2D eigenvalue weighted by molar-refractivity contribution is 7.91. The Morgan fingerprint density at radius 3 is 2.80 bits per heavy atom. The van der Waals surface area contributed by atoms with E-state index < -0.39 is 9.84 Å². The van der Waals surface area contributed by atoms with Crippen molar-refractivity contribution in [2.45, 2.75) is 61.9 Å². The fourth-order valence-corrected chi connectivity index (χ4v) is 5.88. The molecule has 1 aliphatic carbocycles. The van der Waals surface area contributed by atoms with Gasteiger partial charge in [0.05, 0.1) is 10.6 Å². The van der Waals surface area contributed by atoms with Gasteiger partial charge in [0.2, 0.25) is 5.91 Å².